The second-order valence-electron chi connectivity index (χ2n) is 4.74. The number of amides is 1. The van der Waals surface area contributed by atoms with Crippen LogP contribution in [0.3, 0.4) is 0 Å². The maximum Gasteiger partial charge on any atom is 0.303 e. The van der Waals surface area contributed by atoms with Crippen LogP contribution in [-0.4, -0.2) is 22.7 Å². The number of hydrogen-bond acceptors (Lipinski definition) is 3. The molecule has 6 heteroatoms. The molecule has 0 aliphatic heterocycles. The van der Waals surface area contributed by atoms with E-state index in [1.807, 2.05) is 6.07 Å². The van der Waals surface area contributed by atoms with Gasteiger partial charge in [0.2, 0.25) is 0 Å². The van der Waals surface area contributed by atoms with Crippen LogP contribution in [0.4, 0.5) is 4.39 Å². The van der Waals surface area contributed by atoms with Gasteiger partial charge in [-0.1, -0.05) is 42.5 Å². The summed E-state index contributed by atoms with van der Waals surface area (Å²) in [6, 6.07) is 14.5. The van der Waals surface area contributed by atoms with Crippen molar-refractivity contribution in [2.45, 2.75) is 12.8 Å². The van der Waals surface area contributed by atoms with E-state index in [4.69, 9.17) is 5.11 Å². The second kappa shape index (κ2) is 7.84. The Hall–Kier alpha value is -3.02. The van der Waals surface area contributed by atoms with Crippen molar-refractivity contribution < 1.29 is 19.1 Å². The Morgan fingerprint density at radius 1 is 1.00 bits per heavy atom. The Balaban J connectivity index is 2.18. The Morgan fingerprint density at radius 3 is 2.30 bits per heavy atom. The van der Waals surface area contributed by atoms with Crippen LogP contribution >= 0.6 is 0 Å². The molecule has 1 amide bonds. The normalized spacial score (nSPS) is 11.1. The molecule has 2 aromatic rings. The molecule has 0 unspecified atom stereocenters. The number of carboxylic acids is 1. The lowest BCUT2D eigenvalue weighted by Gasteiger charge is -2.07. The number of carbonyl (C=O) groups excluding carboxylic acids is 1. The van der Waals surface area contributed by atoms with E-state index in [9.17, 15) is 14.0 Å². The summed E-state index contributed by atoms with van der Waals surface area (Å²) in [5.74, 6) is -2.30. The molecule has 0 spiro atoms. The van der Waals surface area contributed by atoms with E-state index in [0.29, 0.717) is 11.3 Å². The van der Waals surface area contributed by atoms with E-state index in [1.54, 1.807) is 30.3 Å². The van der Waals surface area contributed by atoms with Crippen molar-refractivity contribution in [2.24, 2.45) is 5.10 Å². The fraction of sp³-hybridized carbons (Fsp3) is 0.118. The highest BCUT2D eigenvalue weighted by molar-refractivity contribution is 6.03. The molecule has 0 radical (unpaired) electrons. The topological polar surface area (TPSA) is 78.8 Å². The molecule has 118 valence electrons. The molecule has 0 saturated carbocycles. The van der Waals surface area contributed by atoms with Crippen molar-refractivity contribution in [3.8, 4) is 0 Å². The number of rotatable bonds is 6. The molecule has 0 aliphatic carbocycles. The largest absolute Gasteiger partial charge is 0.481 e. The minimum absolute atomic E-state index is 0.122. The van der Waals surface area contributed by atoms with Crippen LogP contribution in [0.15, 0.2) is 59.7 Å². The standard InChI is InChI=1S/C17H15FN2O3/c18-14-9-5-4-8-13(14)17(23)20-19-15(10-11-16(21)22)12-6-2-1-3-7-12/h1-9H,10-11H2,(H,20,23)(H,21,22)/b19-15-. The van der Waals surface area contributed by atoms with Crippen molar-refractivity contribution >= 4 is 17.6 Å². The van der Waals surface area contributed by atoms with E-state index in [2.05, 4.69) is 10.5 Å². The number of benzene rings is 2. The van der Waals surface area contributed by atoms with Gasteiger partial charge in [0, 0.05) is 6.42 Å². The van der Waals surface area contributed by atoms with Crippen molar-refractivity contribution in [3.05, 3.63) is 71.5 Å². The average molecular weight is 314 g/mol. The predicted octanol–water partition coefficient (Wildman–Crippen LogP) is 2.82. The fourth-order valence-corrected chi connectivity index (χ4v) is 1.94. The number of carbonyl (C=O) groups is 2. The number of carboxylic acid groups (broad SMARTS) is 1. The molecule has 0 saturated heterocycles. The third-order valence-electron chi connectivity index (χ3n) is 3.09. The van der Waals surface area contributed by atoms with Crippen LogP contribution in [0.25, 0.3) is 0 Å². The van der Waals surface area contributed by atoms with Gasteiger partial charge >= 0.3 is 5.97 Å². The zero-order valence-corrected chi connectivity index (χ0v) is 12.2. The monoisotopic (exact) mass is 314 g/mol. The van der Waals surface area contributed by atoms with Gasteiger partial charge in [0.1, 0.15) is 5.82 Å². The van der Waals surface area contributed by atoms with Gasteiger partial charge in [0.25, 0.3) is 5.91 Å². The van der Waals surface area contributed by atoms with E-state index in [-0.39, 0.29) is 18.4 Å². The minimum Gasteiger partial charge on any atom is -0.481 e. The van der Waals surface area contributed by atoms with E-state index < -0.39 is 17.7 Å². The summed E-state index contributed by atoms with van der Waals surface area (Å²) in [6.07, 6.45) is 0.0280. The Morgan fingerprint density at radius 2 is 1.65 bits per heavy atom. The van der Waals surface area contributed by atoms with Crippen LogP contribution in [0.5, 0.6) is 0 Å². The Kier molecular flexibility index (Phi) is 5.57. The molecule has 0 heterocycles. The summed E-state index contributed by atoms with van der Waals surface area (Å²) in [4.78, 5) is 22.7. The second-order valence-corrected chi connectivity index (χ2v) is 4.74. The number of halogens is 1. The first-order chi connectivity index (χ1) is 11.1. The van der Waals surface area contributed by atoms with E-state index in [0.717, 1.165) is 0 Å². The number of nitrogens with zero attached hydrogens (tertiary/aromatic N) is 1. The van der Waals surface area contributed by atoms with Gasteiger partial charge in [-0.05, 0) is 17.7 Å². The van der Waals surface area contributed by atoms with Crippen molar-refractivity contribution in [3.63, 3.8) is 0 Å². The van der Waals surface area contributed by atoms with E-state index >= 15 is 0 Å². The van der Waals surface area contributed by atoms with Gasteiger partial charge in [-0.2, -0.15) is 5.10 Å². The van der Waals surface area contributed by atoms with Gasteiger partial charge < -0.3 is 5.11 Å². The first-order valence-corrected chi connectivity index (χ1v) is 6.96. The van der Waals surface area contributed by atoms with Crippen molar-refractivity contribution in [1.29, 1.82) is 0 Å². The molecule has 0 fully saturated rings. The van der Waals surface area contributed by atoms with Crippen LogP contribution in [-0.2, 0) is 4.79 Å². The highest BCUT2D eigenvalue weighted by Gasteiger charge is 2.11. The SMILES string of the molecule is O=C(O)CC/C(=N/NC(=O)c1ccccc1F)c1ccccc1. The molecule has 2 aromatic carbocycles. The van der Waals surface area contributed by atoms with Gasteiger partial charge in [-0.3, -0.25) is 9.59 Å². The van der Waals surface area contributed by atoms with Crippen LogP contribution in [0.2, 0.25) is 0 Å². The predicted molar refractivity (Wildman–Crippen MR) is 83.7 cm³/mol. The fourth-order valence-electron chi connectivity index (χ4n) is 1.94. The first-order valence-electron chi connectivity index (χ1n) is 6.96. The molecule has 23 heavy (non-hydrogen) atoms. The summed E-state index contributed by atoms with van der Waals surface area (Å²) < 4.78 is 13.6. The Bertz CT molecular complexity index is 730. The molecule has 0 bridgehead atoms. The number of hydrogen-bond donors (Lipinski definition) is 2. The summed E-state index contributed by atoms with van der Waals surface area (Å²) in [5.41, 5.74) is 3.27. The zero-order valence-electron chi connectivity index (χ0n) is 12.2. The summed E-state index contributed by atoms with van der Waals surface area (Å²) in [6.45, 7) is 0. The third-order valence-corrected chi connectivity index (χ3v) is 3.09. The smallest absolute Gasteiger partial charge is 0.303 e. The number of hydrazone groups is 1. The lowest BCUT2D eigenvalue weighted by atomic mass is 10.1. The quantitative estimate of drug-likeness (QED) is 0.635. The molecule has 0 aliphatic rings. The maximum absolute atomic E-state index is 13.6. The van der Waals surface area contributed by atoms with Gasteiger partial charge in [-0.15, -0.1) is 0 Å². The molecule has 2 rings (SSSR count). The highest BCUT2D eigenvalue weighted by atomic mass is 19.1. The first kappa shape index (κ1) is 16.4. The van der Waals surface area contributed by atoms with Crippen LogP contribution < -0.4 is 5.43 Å². The lowest BCUT2D eigenvalue weighted by molar-refractivity contribution is -0.136. The van der Waals surface area contributed by atoms with Gasteiger partial charge in [0.15, 0.2) is 0 Å². The zero-order chi connectivity index (χ0) is 16.7. The summed E-state index contributed by atoms with van der Waals surface area (Å²) >= 11 is 0. The molecule has 0 atom stereocenters. The maximum atomic E-state index is 13.6. The van der Waals surface area contributed by atoms with Crippen molar-refractivity contribution in [1.82, 2.24) is 5.43 Å². The summed E-state index contributed by atoms with van der Waals surface area (Å²) in [5, 5.41) is 12.8. The minimum atomic E-state index is -0.964. The van der Waals surface area contributed by atoms with Crippen LogP contribution in [0, 0.1) is 5.82 Å². The number of nitrogens with one attached hydrogen (secondary N) is 1. The Labute approximate surface area is 132 Å². The summed E-state index contributed by atoms with van der Waals surface area (Å²) in [7, 11) is 0. The molecular weight excluding hydrogens is 299 g/mol. The van der Waals surface area contributed by atoms with Crippen molar-refractivity contribution in [2.75, 3.05) is 0 Å². The molecule has 2 N–H and O–H groups in total. The van der Waals surface area contributed by atoms with Gasteiger partial charge in [-0.25, -0.2) is 9.82 Å². The number of aliphatic carboxylic acids is 1. The highest BCUT2D eigenvalue weighted by Crippen LogP contribution is 2.08. The lowest BCUT2D eigenvalue weighted by Crippen LogP contribution is -2.21. The molecule has 5 nitrogen and oxygen atoms in total. The molecular formula is C17H15FN2O3. The molecule has 0 aromatic heterocycles. The third kappa shape index (κ3) is 4.74. The average Bonchev–Trinajstić information content (AvgIpc) is 2.55. The van der Waals surface area contributed by atoms with Crippen LogP contribution in [0.1, 0.15) is 28.8 Å². The van der Waals surface area contributed by atoms with Gasteiger partial charge in [0.05, 0.1) is 17.7 Å². The van der Waals surface area contributed by atoms with E-state index in [1.165, 1.54) is 18.2 Å².